The summed E-state index contributed by atoms with van der Waals surface area (Å²) < 4.78 is 11.5. The average Bonchev–Trinajstić information content (AvgIpc) is 3.39. The number of hydrogen-bond donors (Lipinski definition) is 3. The highest BCUT2D eigenvalue weighted by Gasteiger charge is 2.25. The second-order valence-electron chi connectivity index (χ2n) is 6.48. The van der Waals surface area contributed by atoms with Gasteiger partial charge in [-0.25, -0.2) is 10.1 Å². The number of phenols is 1. The van der Waals surface area contributed by atoms with E-state index in [9.17, 15) is 9.90 Å². The maximum atomic E-state index is 12.8. The lowest BCUT2D eigenvalue weighted by Crippen LogP contribution is -2.27. The number of nitrogens with two attached hydrogens (primary N) is 1. The fourth-order valence-electron chi connectivity index (χ4n) is 2.83. The summed E-state index contributed by atoms with van der Waals surface area (Å²) in [5.74, 6) is -0.186. The number of benzene rings is 1. The molecule has 13 nitrogen and oxygen atoms in total. The molecular formula is C18H22BrN9O4. The fourth-order valence-corrected chi connectivity index (χ4v) is 3.29. The van der Waals surface area contributed by atoms with Crippen molar-refractivity contribution in [2.24, 2.45) is 5.10 Å². The van der Waals surface area contributed by atoms with Gasteiger partial charge in [-0.15, -0.1) is 5.10 Å². The number of ether oxygens (including phenoxy) is 1. The van der Waals surface area contributed by atoms with Gasteiger partial charge in [0.2, 0.25) is 11.6 Å². The summed E-state index contributed by atoms with van der Waals surface area (Å²) in [4.78, 5) is 14.9. The molecule has 0 aliphatic rings. The Morgan fingerprint density at radius 2 is 2.16 bits per heavy atom. The van der Waals surface area contributed by atoms with Crippen molar-refractivity contribution in [3.8, 4) is 17.3 Å². The molecule has 3 rings (SSSR count). The Kier molecular flexibility index (Phi) is 7.37. The number of nitrogens with zero attached hydrogens (tertiary/aromatic N) is 7. The highest BCUT2D eigenvalue weighted by Crippen LogP contribution is 2.34. The quantitative estimate of drug-likeness (QED) is 0.283. The third-order valence-corrected chi connectivity index (χ3v) is 5.20. The van der Waals surface area contributed by atoms with Gasteiger partial charge >= 0.3 is 0 Å². The molecule has 2 heterocycles. The monoisotopic (exact) mass is 507 g/mol. The van der Waals surface area contributed by atoms with Gasteiger partial charge in [-0.3, -0.25) is 9.69 Å². The van der Waals surface area contributed by atoms with Crippen molar-refractivity contribution in [2.75, 3.05) is 25.9 Å². The number of carbonyl (C=O) groups excluding carboxylic acids is 1. The van der Waals surface area contributed by atoms with Gasteiger partial charge < -0.3 is 15.6 Å². The lowest BCUT2D eigenvalue weighted by molar-refractivity contribution is 0.0948. The van der Waals surface area contributed by atoms with Gasteiger partial charge in [0.25, 0.3) is 5.91 Å². The second kappa shape index (κ2) is 10.2. The first-order valence-corrected chi connectivity index (χ1v) is 10.3. The lowest BCUT2D eigenvalue weighted by atomic mass is 10.2. The van der Waals surface area contributed by atoms with Gasteiger partial charge in [-0.2, -0.15) is 9.78 Å². The summed E-state index contributed by atoms with van der Waals surface area (Å²) in [6, 6.07) is 3.19. The van der Waals surface area contributed by atoms with Crippen molar-refractivity contribution in [1.82, 2.24) is 35.6 Å². The molecular weight excluding hydrogens is 486 g/mol. The number of anilines is 1. The number of aromatic nitrogens is 5. The Morgan fingerprint density at radius 1 is 1.41 bits per heavy atom. The number of halogens is 1. The number of nitrogens with one attached hydrogen (secondary N) is 1. The van der Waals surface area contributed by atoms with E-state index in [4.69, 9.17) is 10.5 Å². The van der Waals surface area contributed by atoms with E-state index in [-0.39, 0.29) is 28.8 Å². The number of hydrogen-bond acceptors (Lipinski definition) is 11. The molecule has 0 unspecified atom stereocenters. The Bertz CT molecular complexity index is 1120. The number of hydrazone groups is 1. The normalized spacial score (nSPS) is 11.4. The third-order valence-electron chi connectivity index (χ3n) is 4.59. The minimum absolute atomic E-state index is 0.0209. The third kappa shape index (κ3) is 4.86. The van der Waals surface area contributed by atoms with Crippen LogP contribution in [0.2, 0.25) is 0 Å². The van der Waals surface area contributed by atoms with E-state index >= 15 is 0 Å². The summed E-state index contributed by atoms with van der Waals surface area (Å²) >= 11 is 3.24. The first-order chi connectivity index (χ1) is 15.4. The van der Waals surface area contributed by atoms with E-state index < -0.39 is 5.91 Å². The Hall–Kier alpha value is -3.52. The van der Waals surface area contributed by atoms with E-state index in [1.807, 2.05) is 13.8 Å². The van der Waals surface area contributed by atoms with E-state index in [2.05, 4.69) is 56.6 Å². The Labute approximate surface area is 191 Å². The SMILES string of the molecule is CCN(CC)Cc1c(C(=O)NN=Cc2cc(Br)c(O)c(OC)c2)nnn1-c1nonc1N. The topological polar surface area (TPSA) is 170 Å². The first-order valence-electron chi connectivity index (χ1n) is 9.54. The minimum Gasteiger partial charge on any atom is -0.503 e. The molecule has 0 aliphatic carbocycles. The molecule has 4 N–H and O–H groups in total. The highest BCUT2D eigenvalue weighted by molar-refractivity contribution is 9.10. The number of carbonyl (C=O) groups is 1. The van der Waals surface area contributed by atoms with E-state index in [1.165, 1.54) is 18.0 Å². The lowest BCUT2D eigenvalue weighted by Gasteiger charge is -2.18. The van der Waals surface area contributed by atoms with E-state index in [0.717, 1.165) is 13.1 Å². The van der Waals surface area contributed by atoms with Crippen molar-refractivity contribution in [1.29, 1.82) is 0 Å². The van der Waals surface area contributed by atoms with Gasteiger partial charge in [0.15, 0.2) is 17.2 Å². The van der Waals surface area contributed by atoms with Crippen LogP contribution in [-0.4, -0.2) is 67.6 Å². The zero-order chi connectivity index (χ0) is 23.3. The average molecular weight is 508 g/mol. The smallest absolute Gasteiger partial charge is 0.293 e. The summed E-state index contributed by atoms with van der Waals surface area (Å²) in [5.41, 5.74) is 9.31. The Balaban J connectivity index is 1.86. The van der Waals surface area contributed by atoms with Crippen molar-refractivity contribution in [3.63, 3.8) is 0 Å². The van der Waals surface area contributed by atoms with Crippen LogP contribution in [0.4, 0.5) is 5.82 Å². The molecule has 0 atom stereocenters. The number of amides is 1. The van der Waals surface area contributed by atoms with E-state index in [1.54, 1.807) is 12.1 Å². The molecule has 0 fully saturated rings. The summed E-state index contributed by atoms with van der Waals surface area (Å²) in [7, 11) is 1.43. The number of rotatable bonds is 9. The van der Waals surface area contributed by atoms with Crippen LogP contribution in [0.5, 0.6) is 11.5 Å². The largest absolute Gasteiger partial charge is 0.503 e. The highest BCUT2D eigenvalue weighted by atomic mass is 79.9. The summed E-state index contributed by atoms with van der Waals surface area (Å²) in [6.45, 7) is 5.84. The number of phenolic OH excluding ortho intramolecular Hbond substituents is 1. The maximum absolute atomic E-state index is 12.8. The van der Waals surface area contributed by atoms with Crippen LogP contribution in [0.3, 0.4) is 0 Å². The van der Waals surface area contributed by atoms with Crippen LogP contribution in [-0.2, 0) is 6.54 Å². The standard InChI is InChI=1S/C18H22BrN9O4/c1-4-27(5-2)9-12-14(22-26-28(12)17-16(20)24-32-25-17)18(30)23-21-8-10-6-11(19)15(29)13(7-10)31-3/h6-8,29H,4-5,9H2,1-3H3,(H2,20,24)(H,23,30). The molecule has 14 heteroatoms. The van der Waals surface area contributed by atoms with Crippen LogP contribution < -0.4 is 15.9 Å². The maximum Gasteiger partial charge on any atom is 0.293 e. The zero-order valence-corrected chi connectivity index (χ0v) is 19.2. The van der Waals surface area contributed by atoms with Crippen molar-refractivity contribution < 1.29 is 19.3 Å². The van der Waals surface area contributed by atoms with Gasteiger partial charge in [0.1, 0.15) is 0 Å². The fraction of sp³-hybridized carbons (Fsp3) is 0.333. The van der Waals surface area contributed by atoms with Crippen molar-refractivity contribution in [2.45, 2.75) is 20.4 Å². The predicted octanol–water partition coefficient (Wildman–Crippen LogP) is 1.31. The van der Waals surface area contributed by atoms with Crippen LogP contribution >= 0.6 is 15.9 Å². The predicted molar refractivity (Wildman–Crippen MR) is 118 cm³/mol. The molecule has 0 spiro atoms. The second-order valence-corrected chi connectivity index (χ2v) is 7.34. The van der Waals surface area contributed by atoms with Gasteiger partial charge in [-0.1, -0.05) is 19.1 Å². The number of methoxy groups -OCH3 is 1. The molecule has 1 aromatic carbocycles. The molecule has 0 radical (unpaired) electrons. The molecule has 0 bridgehead atoms. The van der Waals surface area contributed by atoms with Gasteiger partial charge in [-0.05, 0) is 57.0 Å². The molecule has 32 heavy (non-hydrogen) atoms. The molecule has 0 saturated heterocycles. The minimum atomic E-state index is -0.575. The van der Waals surface area contributed by atoms with Crippen molar-refractivity contribution in [3.05, 3.63) is 33.6 Å². The first kappa shape index (κ1) is 23.1. The van der Waals surface area contributed by atoms with Crippen LogP contribution in [0, 0.1) is 0 Å². The van der Waals surface area contributed by atoms with Crippen molar-refractivity contribution >= 4 is 33.9 Å². The molecule has 1 amide bonds. The van der Waals surface area contributed by atoms with Crippen LogP contribution in [0.25, 0.3) is 5.82 Å². The molecule has 3 aromatic rings. The molecule has 2 aromatic heterocycles. The van der Waals surface area contributed by atoms with Gasteiger partial charge in [0, 0.05) is 6.54 Å². The molecule has 0 saturated carbocycles. The summed E-state index contributed by atoms with van der Waals surface area (Å²) in [6.07, 6.45) is 1.40. The van der Waals surface area contributed by atoms with Crippen LogP contribution in [0.15, 0.2) is 26.3 Å². The van der Waals surface area contributed by atoms with Gasteiger partial charge in [0.05, 0.1) is 23.5 Å². The molecule has 0 aliphatic heterocycles. The zero-order valence-electron chi connectivity index (χ0n) is 17.6. The van der Waals surface area contributed by atoms with E-state index in [0.29, 0.717) is 22.3 Å². The summed E-state index contributed by atoms with van der Waals surface area (Å²) in [5, 5.41) is 29.2. The van der Waals surface area contributed by atoms with Crippen LogP contribution in [0.1, 0.15) is 35.6 Å². The Morgan fingerprint density at radius 3 is 2.78 bits per heavy atom. The number of nitrogen functional groups attached to an aromatic ring is 1. The molecule has 170 valence electrons. The number of aromatic hydroxyl groups is 1.